The first-order valence-corrected chi connectivity index (χ1v) is 8.36. The van der Waals surface area contributed by atoms with E-state index in [1.807, 2.05) is 18.2 Å². The lowest BCUT2D eigenvalue weighted by atomic mass is 9.96. The monoisotopic (exact) mass is 351 g/mol. The molecule has 0 bridgehead atoms. The summed E-state index contributed by atoms with van der Waals surface area (Å²) in [5, 5.41) is 5.86. The second kappa shape index (κ2) is 8.34. The molecule has 1 amide bonds. The SMILES string of the molecule is CC(C)[C@H]([NH2+]CC(=O)Nc1ccc(Cl)cc1Cl)c1ccccc1. The minimum atomic E-state index is -0.0872. The second-order valence-corrected chi connectivity index (χ2v) is 6.64. The molecule has 2 rings (SSSR count). The van der Waals surface area contributed by atoms with E-state index in [1.165, 1.54) is 5.56 Å². The Bertz CT molecular complexity index is 659. The van der Waals surface area contributed by atoms with Gasteiger partial charge in [-0.15, -0.1) is 0 Å². The van der Waals surface area contributed by atoms with Gasteiger partial charge in [0, 0.05) is 16.5 Å². The Kier molecular flexibility index (Phi) is 6.46. The Labute approximate surface area is 147 Å². The Morgan fingerprint density at radius 3 is 2.43 bits per heavy atom. The highest BCUT2D eigenvalue weighted by molar-refractivity contribution is 6.36. The third-order valence-corrected chi connectivity index (χ3v) is 4.21. The van der Waals surface area contributed by atoms with Gasteiger partial charge in [-0.2, -0.15) is 0 Å². The number of nitrogens with two attached hydrogens (primary N) is 1. The summed E-state index contributed by atoms with van der Waals surface area (Å²) in [6.07, 6.45) is 0. The Balaban J connectivity index is 1.97. The number of benzene rings is 2. The summed E-state index contributed by atoms with van der Waals surface area (Å²) in [4.78, 5) is 12.2. The van der Waals surface area contributed by atoms with Crippen LogP contribution in [0.25, 0.3) is 0 Å². The van der Waals surface area contributed by atoms with Crippen LogP contribution in [0, 0.1) is 5.92 Å². The summed E-state index contributed by atoms with van der Waals surface area (Å²) in [7, 11) is 0. The molecule has 3 nitrogen and oxygen atoms in total. The van der Waals surface area contributed by atoms with E-state index in [1.54, 1.807) is 18.2 Å². The number of anilines is 1. The molecule has 1 atom stereocenters. The first kappa shape index (κ1) is 17.8. The highest BCUT2D eigenvalue weighted by Gasteiger charge is 2.20. The molecule has 0 aliphatic carbocycles. The van der Waals surface area contributed by atoms with Crippen LogP contribution in [0.4, 0.5) is 5.69 Å². The summed E-state index contributed by atoms with van der Waals surface area (Å²) in [5.41, 5.74) is 1.80. The second-order valence-electron chi connectivity index (χ2n) is 5.79. The van der Waals surface area contributed by atoms with Crippen molar-refractivity contribution in [2.24, 2.45) is 5.92 Å². The zero-order chi connectivity index (χ0) is 16.8. The van der Waals surface area contributed by atoms with Gasteiger partial charge >= 0.3 is 0 Å². The van der Waals surface area contributed by atoms with Crippen LogP contribution in [0.3, 0.4) is 0 Å². The van der Waals surface area contributed by atoms with Crippen LogP contribution in [0.2, 0.25) is 10.0 Å². The fourth-order valence-electron chi connectivity index (χ4n) is 2.49. The van der Waals surface area contributed by atoms with Crippen LogP contribution in [0.5, 0.6) is 0 Å². The number of halogens is 2. The van der Waals surface area contributed by atoms with E-state index in [0.29, 0.717) is 28.2 Å². The van der Waals surface area contributed by atoms with Crippen LogP contribution >= 0.6 is 23.2 Å². The fraction of sp³-hybridized carbons (Fsp3) is 0.278. The molecule has 0 spiro atoms. The highest BCUT2D eigenvalue weighted by atomic mass is 35.5. The average Bonchev–Trinajstić information content (AvgIpc) is 2.51. The normalized spacial score (nSPS) is 12.2. The van der Waals surface area contributed by atoms with E-state index in [0.717, 1.165) is 0 Å². The van der Waals surface area contributed by atoms with Crippen LogP contribution < -0.4 is 10.6 Å². The van der Waals surface area contributed by atoms with Gasteiger partial charge in [-0.1, -0.05) is 67.4 Å². The lowest BCUT2D eigenvalue weighted by Crippen LogP contribution is -2.88. The minimum Gasteiger partial charge on any atom is -0.332 e. The van der Waals surface area contributed by atoms with E-state index < -0.39 is 0 Å². The molecular weight excluding hydrogens is 331 g/mol. The maximum atomic E-state index is 12.2. The van der Waals surface area contributed by atoms with Gasteiger partial charge in [-0.05, 0) is 18.2 Å². The third kappa shape index (κ3) is 5.24. The van der Waals surface area contributed by atoms with Crippen LogP contribution in [-0.4, -0.2) is 12.5 Å². The molecule has 0 aromatic heterocycles. The first-order chi connectivity index (χ1) is 11.0. The molecule has 3 N–H and O–H groups in total. The van der Waals surface area contributed by atoms with Gasteiger partial charge in [-0.25, -0.2) is 0 Å². The maximum Gasteiger partial charge on any atom is 0.279 e. The van der Waals surface area contributed by atoms with E-state index in [-0.39, 0.29) is 11.9 Å². The number of rotatable bonds is 6. The Hall–Kier alpha value is -1.55. The van der Waals surface area contributed by atoms with Crippen molar-refractivity contribution in [3.63, 3.8) is 0 Å². The van der Waals surface area contributed by atoms with Crippen LogP contribution in [0.15, 0.2) is 48.5 Å². The molecule has 0 aliphatic rings. The standard InChI is InChI=1S/C18H20Cl2N2O/c1-12(2)18(13-6-4-3-5-7-13)21-11-17(23)22-16-9-8-14(19)10-15(16)20/h3-10,12,18,21H,11H2,1-2H3,(H,22,23)/p+1/t18-/m0/s1. The number of hydrogen-bond acceptors (Lipinski definition) is 1. The molecule has 0 heterocycles. The number of nitrogens with one attached hydrogen (secondary N) is 1. The predicted octanol–water partition coefficient (Wildman–Crippen LogP) is 3.89. The summed E-state index contributed by atoms with van der Waals surface area (Å²) in [5.74, 6) is 0.333. The Morgan fingerprint density at radius 1 is 1.13 bits per heavy atom. The topological polar surface area (TPSA) is 45.7 Å². The zero-order valence-corrected chi connectivity index (χ0v) is 14.7. The van der Waals surface area contributed by atoms with Gasteiger partial charge in [0.05, 0.1) is 10.7 Å². The summed E-state index contributed by atoms with van der Waals surface area (Å²) in [6, 6.07) is 15.5. The van der Waals surface area contributed by atoms with Gasteiger partial charge < -0.3 is 10.6 Å². The molecule has 0 saturated heterocycles. The van der Waals surface area contributed by atoms with Crippen LogP contribution in [0.1, 0.15) is 25.5 Å². The van der Waals surface area contributed by atoms with E-state index in [2.05, 4.69) is 36.6 Å². The van der Waals surface area contributed by atoms with E-state index in [9.17, 15) is 4.79 Å². The van der Waals surface area contributed by atoms with E-state index in [4.69, 9.17) is 23.2 Å². The van der Waals surface area contributed by atoms with Crippen molar-refractivity contribution < 1.29 is 10.1 Å². The molecule has 0 saturated carbocycles. The number of hydrogen-bond donors (Lipinski definition) is 2. The van der Waals surface area contributed by atoms with Crippen molar-refractivity contribution in [1.82, 2.24) is 0 Å². The predicted molar refractivity (Wildman–Crippen MR) is 95.9 cm³/mol. The molecule has 23 heavy (non-hydrogen) atoms. The molecule has 2 aromatic rings. The van der Waals surface area contributed by atoms with Gasteiger partial charge in [0.2, 0.25) is 0 Å². The fourth-order valence-corrected chi connectivity index (χ4v) is 2.95. The molecular formula is C18H21Cl2N2O+. The zero-order valence-electron chi connectivity index (χ0n) is 13.2. The van der Waals surface area contributed by atoms with Gasteiger partial charge in [0.1, 0.15) is 6.04 Å². The van der Waals surface area contributed by atoms with Crippen molar-refractivity contribution in [1.29, 1.82) is 0 Å². The maximum absolute atomic E-state index is 12.2. The van der Waals surface area contributed by atoms with Crippen molar-refractivity contribution in [2.45, 2.75) is 19.9 Å². The van der Waals surface area contributed by atoms with E-state index >= 15 is 0 Å². The third-order valence-electron chi connectivity index (χ3n) is 3.67. The molecule has 0 aliphatic heterocycles. The molecule has 122 valence electrons. The van der Waals surface area contributed by atoms with Crippen molar-refractivity contribution >= 4 is 34.8 Å². The number of carbonyl (C=O) groups excluding carboxylic acids is 1. The van der Waals surface area contributed by atoms with Gasteiger partial charge in [-0.3, -0.25) is 4.79 Å². The molecule has 0 unspecified atom stereocenters. The summed E-state index contributed by atoms with van der Waals surface area (Å²) >= 11 is 11.9. The summed E-state index contributed by atoms with van der Waals surface area (Å²) < 4.78 is 0. The molecule has 0 fully saturated rings. The quantitative estimate of drug-likeness (QED) is 0.814. The lowest BCUT2D eigenvalue weighted by molar-refractivity contribution is -0.692. The molecule has 5 heteroatoms. The molecule has 2 aromatic carbocycles. The number of amides is 1. The minimum absolute atomic E-state index is 0.0872. The number of carbonyl (C=O) groups is 1. The largest absolute Gasteiger partial charge is 0.332 e. The average molecular weight is 352 g/mol. The van der Waals surface area contributed by atoms with Crippen molar-refractivity contribution in [3.05, 3.63) is 64.1 Å². The van der Waals surface area contributed by atoms with Crippen molar-refractivity contribution in [2.75, 3.05) is 11.9 Å². The van der Waals surface area contributed by atoms with Crippen LogP contribution in [-0.2, 0) is 4.79 Å². The van der Waals surface area contributed by atoms with Gasteiger partial charge in [0.25, 0.3) is 5.91 Å². The summed E-state index contributed by atoms with van der Waals surface area (Å²) in [6.45, 7) is 4.64. The Morgan fingerprint density at radius 2 is 1.83 bits per heavy atom. The van der Waals surface area contributed by atoms with Crippen molar-refractivity contribution in [3.8, 4) is 0 Å². The first-order valence-electron chi connectivity index (χ1n) is 7.60. The van der Waals surface area contributed by atoms with Gasteiger partial charge in [0.15, 0.2) is 6.54 Å². The molecule has 0 radical (unpaired) electrons. The smallest absolute Gasteiger partial charge is 0.279 e. The number of quaternary nitrogens is 1. The lowest BCUT2D eigenvalue weighted by Gasteiger charge is -2.19. The highest BCUT2D eigenvalue weighted by Crippen LogP contribution is 2.25.